The van der Waals surface area contributed by atoms with Crippen molar-refractivity contribution in [1.82, 2.24) is 4.98 Å². The van der Waals surface area contributed by atoms with Crippen molar-refractivity contribution in [3.8, 4) is 17.0 Å². The summed E-state index contributed by atoms with van der Waals surface area (Å²) in [4.78, 5) is 15.4. The fourth-order valence-electron chi connectivity index (χ4n) is 1.66. The van der Waals surface area contributed by atoms with Crippen LogP contribution < -0.4 is 0 Å². The monoisotopic (exact) mass is 261 g/mol. The maximum absolute atomic E-state index is 13.8. The first-order valence-electron chi connectivity index (χ1n) is 5.74. The van der Waals surface area contributed by atoms with Gasteiger partial charge >= 0.3 is 5.97 Å². The van der Waals surface area contributed by atoms with Gasteiger partial charge in [-0.2, -0.15) is 0 Å². The molecule has 0 aliphatic rings. The minimum atomic E-state index is -0.711. The number of hydrogen-bond acceptors (Lipinski definition) is 4. The van der Waals surface area contributed by atoms with Crippen molar-refractivity contribution >= 4 is 5.97 Å². The summed E-state index contributed by atoms with van der Waals surface area (Å²) in [6, 6.07) is 7.00. The first-order valence-corrected chi connectivity index (χ1v) is 5.74. The summed E-state index contributed by atoms with van der Waals surface area (Å²) >= 11 is 0. The normalized spacial score (nSPS) is 10.2. The standard InChI is InChI=1S/C14H12FNO3/c1-2-19-14(18)10-6-5-9(8-11(10)15)13-12(17)4-3-7-16-13/h3-8,17H,2H2,1H3. The second-order valence-electron chi connectivity index (χ2n) is 3.79. The highest BCUT2D eigenvalue weighted by molar-refractivity contribution is 5.90. The number of rotatable bonds is 3. The van der Waals surface area contributed by atoms with Gasteiger partial charge in [-0.3, -0.25) is 4.98 Å². The van der Waals surface area contributed by atoms with Crippen LogP contribution >= 0.6 is 0 Å². The molecule has 2 aromatic rings. The second kappa shape index (κ2) is 5.48. The number of carbonyl (C=O) groups is 1. The van der Waals surface area contributed by atoms with E-state index in [1.807, 2.05) is 0 Å². The summed E-state index contributed by atoms with van der Waals surface area (Å²) in [5.41, 5.74) is 0.515. The van der Waals surface area contributed by atoms with E-state index in [1.165, 1.54) is 24.4 Å². The van der Waals surface area contributed by atoms with Crippen LogP contribution in [0.15, 0.2) is 36.5 Å². The van der Waals surface area contributed by atoms with E-state index in [4.69, 9.17) is 4.74 Å². The van der Waals surface area contributed by atoms with Crippen molar-refractivity contribution in [3.63, 3.8) is 0 Å². The Balaban J connectivity index is 2.39. The molecule has 0 saturated carbocycles. The molecule has 98 valence electrons. The van der Waals surface area contributed by atoms with Gasteiger partial charge in [-0.05, 0) is 31.2 Å². The predicted molar refractivity (Wildman–Crippen MR) is 67.3 cm³/mol. The van der Waals surface area contributed by atoms with Gasteiger partial charge < -0.3 is 9.84 Å². The van der Waals surface area contributed by atoms with E-state index in [0.29, 0.717) is 5.56 Å². The Morgan fingerprint density at radius 1 is 1.42 bits per heavy atom. The quantitative estimate of drug-likeness (QED) is 0.863. The number of carbonyl (C=O) groups excluding carboxylic acids is 1. The summed E-state index contributed by atoms with van der Waals surface area (Å²) < 4.78 is 18.6. The van der Waals surface area contributed by atoms with Crippen molar-refractivity contribution < 1.29 is 19.0 Å². The summed E-state index contributed by atoms with van der Waals surface area (Å²) in [7, 11) is 0. The maximum atomic E-state index is 13.8. The zero-order chi connectivity index (χ0) is 13.8. The van der Waals surface area contributed by atoms with Crippen LogP contribution in [-0.2, 0) is 4.74 Å². The van der Waals surface area contributed by atoms with Crippen LogP contribution in [0.3, 0.4) is 0 Å². The molecular weight excluding hydrogens is 249 g/mol. The molecule has 0 aliphatic heterocycles. The molecule has 0 atom stereocenters. The van der Waals surface area contributed by atoms with Crippen LogP contribution in [0.4, 0.5) is 4.39 Å². The molecule has 19 heavy (non-hydrogen) atoms. The molecule has 0 unspecified atom stereocenters. The summed E-state index contributed by atoms with van der Waals surface area (Å²) in [5, 5.41) is 9.64. The van der Waals surface area contributed by atoms with Gasteiger partial charge in [0.25, 0.3) is 0 Å². The fraction of sp³-hybridized carbons (Fsp3) is 0.143. The summed E-state index contributed by atoms with van der Waals surface area (Å²) in [6.45, 7) is 1.83. The van der Waals surface area contributed by atoms with E-state index in [2.05, 4.69) is 4.98 Å². The smallest absolute Gasteiger partial charge is 0.341 e. The van der Waals surface area contributed by atoms with E-state index >= 15 is 0 Å². The number of benzene rings is 1. The van der Waals surface area contributed by atoms with Crippen molar-refractivity contribution in [2.45, 2.75) is 6.92 Å². The Kier molecular flexibility index (Phi) is 3.75. The average Bonchev–Trinajstić information content (AvgIpc) is 2.39. The van der Waals surface area contributed by atoms with Crippen molar-refractivity contribution in [2.75, 3.05) is 6.61 Å². The Labute approximate surface area is 109 Å². The van der Waals surface area contributed by atoms with E-state index in [0.717, 1.165) is 6.07 Å². The summed E-state index contributed by atoms with van der Waals surface area (Å²) in [6.07, 6.45) is 1.49. The largest absolute Gasteiger partial charge is 0.506 e. The third kappa shape index (κ3) is 2.70. The van der Waals surface area contributed by atoms with Crippen LogP contribution in [0.5, 0.6) is 5.75 Å². The Bertz CT molecular complexity index is 613. The van der Waals surface area contributed by atoms with E-state index < -0.39 is 11.8 Å². The van der Waals surface area contributed by atoms with Gasteiger partial charge in [-0.1, -0.05) is 6.07 Å². The number of halogens is 1. The molecule has 1 aromatic heterocycles. The van der Waals surface area contributed by atoms with Gasteiger partial charge in [0.05, 0.1) is 12.2 Å². The van der Waals surface area contributed by atoms with Crippen LogP contribution in [0, 0.1) is 5.82 Å². The number of pyridine rings is 1. The van der Waals surface area contributed by atoms with E-state index in [1.54, 1.807) is 13.0 Å². The van der Waals surface area contributed by atoms with Gasteiger partial charge in [0.1, 0.15) is 17.3 Å². The lowest BCUT2D eigenvalue weighted by molar-refractivity contribution is 0.0521. The third-order valence-corrected chi connectivity index (χ3v) is 2.52. The molecule has 0 fully saturated rings. The summed E-state index contributed by atoms with van der Waals surface area (Å²) in [5.74, 6) is -1.47. The zero-order valence-corrected chi connectivity index (χ0v) is 10.3. The lowest BCUT2D eigenvalue weighted by atomic mass is 10.1. The molecule has 0 saturated heterocycles. The number of esters is 1. The second-order valence-corrected chi connectivity index (χ2v) is 3.79. The molecular formula is C14H12FNO3. The first-order chi connectivity index (χ1) is 9.13. The zero-order valence-electron chi connectivity index (χ0n) is 10.3. The molecule has 1 N–H and O–H groups in total. The average molecular weight is 261 g/mol. The predicted octanol–water partition coefficient (Wildman–Crippen LogP) is 2.77. The molecule has 2 rings (SSSR count). The van der Waals surface area contributed by atoms with Crippen molar-refractivity contribution in [1.29, 1.82) is 0 Å². The fourth-order valence-corrected chi connectivity index (χ4v) is 1.66. The number of nitrogens with zero attached hydrogens (tertiary/aromatic N) is 1. The molecule has 0 spiro atoms. The molecule has 1 heterocycles. The number of aromatic nitrogens is 1. The number of ether oxygens (including phenoxy) is 1. The van der Waals surface area contributed by atoms with Crippen LogP contribution in [0.1, 0.15) is 17.3 Å². The molecule has 0 aliphatic carbocycles. The molecule has 4 nitrogen and oxygen atoms in total. The molecule has 5 heteroatoms. The van der Waals surface area contributed by atoms with Gasteiger partial charge in [0.2, 0.25) is 0 Å². The third-order valence-electron chi connectivity index (χ3n) is 2.52. The molecule has 0 amide bonds. The Morgan fingerprint density at radius 2 is 2.21 bits per heavy atom. The van der Waals surface area contributed by atoms with Gasteiger partial charge in [-0.15, -0.1) is 0 Å². The van der Waals surface area contributed by atoms with E-state index in [-0.39, 0.29) is 23.6 Å². The van der Waals surface area contributed by atoms with Crippen LogP contribution in [0.2, 0.25) is 0 Å². The van der Waals surface area contributed by atoms with Crippen molar-refractivity contribution in [2.24, 2.45) is 0 Å². The first kappa shape index (κ1) is 13.0. The highest BCUT2D eigenvalue weighted by Gasteiger charge is 2.15. The van der Waals surface area contributed by atoms with Crippen molar-refractivity contribution in [3.05, 3.63) is 47.9 Å². The highest BCUT2D eigenvalue weighted by Crippen LogP contribution is 2.27. The number of aromatic hydroxyl groups is 1. The Hall–Kier alpha value is -2.43. The molecule has 0 radical (unpaired) electrons. The SMILES string of the molecule is CCOC(=O)c1ccc(-c2ncccc2O)cc1F. The topological polar surface area (TPSA) is 59.4 Å². The van der Waals surface area contributed by atoms with Gasteiger partial charge in [0, 0.05) is 11.8 Å². The Morgan fingerprint density at radius 3 is 2.84 bits per heavy atom. The lowest BCUT2D eigenvalue weighted by Gasteiger charge is -2.06. The minimum Gasteiger partial charge on any atom is -0.506 e. The maximum Gasteiger partial charge on any atom is 0.341 e. The lowest BCUT2D eigenvalue weighted by Crippen LogP contribution is -2.07. The van der Waals surface area contributed by atoms with Crippen LogP contribution in [0.25, 0.3) is 11.3 Å². The molecule has 1 aromatic carbocycles. The van der Waals surface area contributed by atoms with E-state index in [9.17, 15) is 14.3 Å². The number of hydrogen-bond donors (Lipinski definition) is 1. The van der Waals surface area contributed by atoms with Gasteiger partial charge in [0.15, 0.2) is 0 Å². The van der Waals surface area contributed by atoms with Crippen LogP contribution in [-0.4, -0.2) is 22.7 Å². The highest BCUT2D eigenvalue weighted by atomic mass is 19.1. The molecule has 0 bridgehead atoms. The minimum absolute atomic E-state index is 0.0502. The van der Waals surface area contributed by atoms with Gasteiger partial charge in [-0.25, -0.2) is 9.18 Å².